The number of hydrogen-bond acceptors (Lipinski definition) is 3. The number of carboxylic acids is 1. The number of carbonyl (C=O) groups excluding carboxylic acids is 1. The van der Waals surface area contributed by atoms with Crippen molar-refractivity contribution in [1.82, 2.24) is 0 Å². The first-order valence-electron chi connectivity index (χ1n) is 4.23. The third-order valence-corrected chi connectivity index (χ3v) is 1.74. The van der Waals surface area contributed by atoms with E-state index in [1.807, 2.05) is 0 Å². The van der Waals surface area contributed by atoms with E-state index in [1.165, 1.54) is 19.1 Å². The molecule has 0 unspecified atom stereocenters. The Morgan fingerprint density at radius 1 is 1.47 bits per heavy atom. The molecule has 15 heavy (non-hydrogen) atoms. The number of hydrogen-bond donors (Lipinski definition) is 1. The Bertz CT molecular complexity index is 421. The lowest BCUT2D eigenvalue weighted by Gasteiger charge is -2.08. The minimum atomic E-state index is -1.14. The molecule has 0 saturated heterocycles. The summed E-state index contributed by atoms with van der Waals surface area (Å²) in [5.74, 6) is -1.67. The first-order valence-corrected chi connectivity index (χ1v) is 4.23. The van der Waals surface area contributed by atoms with Gasteiger partial charge in [0, 0.05) is 12.5 Å². The van der Waals surface area contributed by atoms with Crippen LogP contribution in [-0.4, -0.2) is 17.0 Å². The van der Waals surface area contributed by atoms with Gasteiger partial charge in [-0.1, -0.05) is 24.8 Å². The highest BCUT2D eigenvalue weighted by Crippen LogP contribution is 2.25. The molecule has 0 radical (unpaired) electrons. The molecule has 0 aliphatic carbocycles. The molecule has 0 saturated carbocycles. The van der Waals surface area contributed by atoms with Gasteiger partial charge in [-0.25, -0.2) is 4.79 Å². The summed E-state index contributed by atoms with van der Waals surface area (Å²) < 4.78 is 4.84. The molecule has 0 fully saturated rings. The summed E-state index contributed by atoms with van der Waals surface area (Å²) in [5, 5.41) is 8.87. The predicted octanol–water partition coefficient (Wildman–Crippen LogP) is 1.95. The van der Waals surface area contributed by atoms with Crippen LogP contribution in [0.3, 0.4) is 0 Å². The van der Waals surface area contributed by atoms with Crippen LogP contribution < -0.4 is 4.74 Å². The quantitative estimate of drug-likeness (QED) is 0.606. The van der Waals surface area contributed by atoms with Crippen molar-refractivity contribution in [2.75, 3.05) is 0 Å². The Labute approximate surface area is 86.8 Å². The first kappa shape index (κ1) is 11.0. The van der Waals surface area contributed by atoms with E-state index in [0.29, 0.717) is 5.56 Å². The van der Waals surface area contributed by atoms with Crippen LogP contribution in [0.5, 0.6) is 5.75 Å². The number of carbonyl (C=O) groups is 2. The third kappa shape index (κ3) is 2.43. The van der Waals surface area contributed by atoms with Gasteiger partial charge in [-0.15, -0.1) is 0 Å². The van der Waals surface area contributed by atoms with Gasteiger partial charge in [-0.3, -0.25) is 4.79 Å². The van der Waals surface area contributed by atoms with Gasteiger partial charge >= 0.3 is 11.9 Å². The van der Waals surface area contributed by atoms with Crippen LogP contribution in [0.25, 0.3) is 6.08 Å². The number of para-hydroxylation sites is 1. The molecule has 0 atom stereocenters. The van der Waals surface area contributed by atoms with E-state index in [0.717, 1.165) is 0 Å². The van der Waals surface area contributed by atoms with Crippen molar-refractivity contribution in [2.45, 2.75) is 6.92 Å². The highest BCUT2D eigenvalue weighted by Gasteiger charge is 2.15. The molecule has 0 amide bonds. The van der Waals surface area contributed by atoms with Gasteiger partial charge in [-0.2, -0.15) is 0 Å². The number of esters is 1. The smallest absolute Gasteiger partial charge is 0.339 e. The average Bonchev–Trinajstić information content (AvgIpc) is 2.16. The van der Waals surface area contributed by atoms with Crippen molar-refractivity contribution in [3.05, 3.63) is 35.9 Å². The Morgan fingerprint density at radius 3 is 2.60 bits per heavy atom. The summed E-state index contributed by atoms with van der Waals surface area (Å²) in [7, 11) is 0. The molecular weight excluding hydrogens is 196 g/mol. The second-order valence-electron chi connectivity index (χ2n) is 2.83. The zero-order chi connectivity index (χ0) is 11.4. The normalized spacial score (nSPS) is 9.40. The van der Waals surface area contributed by atoms with E-state index in [-0.39, 0.29) is 11.3 Å². The van der Waals surface area contributed by atoms with Crippen LogP contribution in [-0.2, 0) is 4.79 Å². The maximum atomic E-state index is 10.8. The molecular formula is C11H10O4. The molecule has 1 N–H and O–H groups in total. The maximum Gasteiger partial charge on any atom is 0.339 e. The van der Waals surface area contributed by atoms with E-state index in [2.05, 4.69) is 6.58 Å². The number of benzene rings is 1. The molecule has 0 bridgehead atoms. The average molecular weight is 206 g/mol. The van der Waals surface area contributed by atoms with Crippen LogP contribution in [0, 0.1) is 0 Å². The van der Waals surface area contributed by atoms with E-state index in [4.69, 9.17) is 9.84 Å². The fourth-order valence-electron chi connectivity index (χ4n) is 1.14. The summed E-state index contributed by atoms with van der Waals surface area (Å²) in [4.78, 5) is 21.7. The molecule has 1 aromatic carbocycles. The highest BCUT2D eigenvalue weighted by atomic mass is 16.5. The van der Waals surface area contributed by atoms with Gasteiger partial charge in [0.15, 0.2) is 5.75 Å². The largest absolute Gasteiger partial charge is 0.478 e. The number of ether oxygens (including phenoxy) is 1. The van der Waals surface area contributed by atoms with Crippen LogP contribution in [0.4, 0.5) is 0 Å². The SMILES string of the molecule is C=Cc1cccc(C(=O)O)c1OC(C)=O. The fraction of sp³-hybridized carbons (Fsp3) is 0.0909. The monoisotopic (exact) mass is 206 g/mol. The minimum Gasteiger partial charge on any atom is -0.478 e. The predicted molar refractivity (Wildman–Crippen MR) is 54.8 cm³/mol. The molecule has 0 spiro atoms. The number of aromatic carboxylic acids is 1. The van der Waals surface area contributed by atoms with Crippen molar-refractivity contribution in [3.8, 4) is 5.75 Å². The molecule has 1 rings (SSSR count). The Balaban J connectivity index is 3.32. The van der Waals surface area contributed by atoms with Gasteiger partial charge in [0.1, 0.15) is 5.56 Å². The lowest BCUT2D eigenvalue weighted by Crippen LogP contribution is -2.08. The summed E-state index contributed by atoms with van der Waals surface area (Å²) >= 11 is 0. The minimum absolute atomic E-state index is 0.0347. The van der Waals surface area contributed by atoms with E-state index >= 15 is 0 Å². The van der Waals surface area contributed by atoms with E-state index in [1.54, 1.807) is 12.1 Å². The second kappa shape index (κ2) is 4.41. The maximum absolute atomic E-state index is 10.8. The molecule has 4 nitrogen and oxygen atoms in total. The summed E-state index contributed by atoms with van der Waals surface area (Å²) in [6.07, 6.45) is 1.44. The van der Waals surface area contributed by atoms with E-state index < -0.39 is 11.9 Å². The lowest BCUT2D eigenvalue weighted by atomic mass is 10.1. The van der Waals surface area contributed by atoms with Crippen molar-refractivity contribution < 1.29 is 19.4 Å². The van der Waals surface area contributed by atoms with Crippen LogP contribution in [0.15, 0.2) is 24.8 Å². The van der Waals surface area contributed by atoms with Crippen molar-refractivity contribution in [1.29, 1.82) is 0 Å². The van der Waals surface area contributed by atoms with Crippen LogP contribution in [0.1, 0.15) is 22.8 Å². The molecule has 0 aliphatic rings. The van der Waals surface area contributed by atoms with Crippen molar-refractivity contribution in [3.63, 3.8) is 0 Å². The standard InChI is InChI=1S/C11H10O4/c1-3-8-5-4-6-9(11(13)14)10(8)15-7(2)12/h3-6H,1H2,2H3,(H,13,14). The Hall–Kier alpha value is -2.10. The highest BCUT2D eigenvalue weighted by molar-refractivity contribution is 5.93. The molecule has 4 heteroatoms. The van der Waals surface area contributed by atoms with Gasteiger partial charge < -0.3 is 9.84 Å². The zero-order valence-corrected chi connectivity index (χ0v) is 8.19. The summed E-state index contributed by atoms with van der Waals surface area (Å²) in [6.45, 7) is 4.73. The molecule has 78 valence electrons. The summed E-state index contributed by atoms with van der Waals surface area (Å²) in [6, 6.07) is 4.55. The van der Waals surface area contributed by atoms with Crippen molar-refractivity contribution in [2.24, 2.45) is 0 Å². The second-order valence-corrected chi connectivity index (χ2v) is 2.83. The van der Waals surface area contributed by atoms with Gasteiger partial charge in [0.25, 0.3) is 0 Å². The number of rotatable bonds is 3. The fourth-order valence-corrected chi connectivity index (χ4v) is 1.14. The van der Waals surface area contributed by atoms with Gasteiger partial charge in [0.2, 0.25) is 0 Å². The van der Waals surface area contributed by atoms with Crippen LogP contribution >= 0.6 is 0 Å². The van der Waals surface area contributed by atoms with Crippen LogP contribution in [0.2, 0.25) is 0 Å². The van der Waals surface area contributed by atoms with E-state index in [9.17, 15) is 9.59 Å². The van der Waals surface area contributed by atoms with Gasteiger partial charge in [-0.05, 0) is 6.07 Å². The lowest BCUT2D eigenvalue weighted by molar-refractivity contribution is -0.131. The Morgan fingerprint density at radius 2 is 2.13 bits per heavy atom. The molecule has 0 aromatic heterocycles. The molecule has 0 aliphatic heterocycles. The Kier molecular flexibility index (Phi) is 3.23. The topological polar surface area (TPSA) is 63.6 Å². The third-order valence-electron chi connectivity index (χ3n) is 1.74. The molecule has 0 heterocycles. The number of carboxylic acid groups (broad SMARTS) is 1. The van der Waals surface area contributed by atoms with Crippen molar-refractivity contribution >= 4 is 18.0 Å². The van der Waals surface area contributed by atoms with Gasteiger partial charge in [0.05, 0.1) is 0 Å². The summed E-state index contributed by atoms with van der Waals surface area (Å²) in [5.41, 5.74) is 0.424. The molecule has 1 aromatic rings. The first-order chi connectivity index (χ1) is 7.06. The zero-order valence-electron chi connectivity index (χ0n) is 8.19.